The number of nitro groups is 1. The second-order valence-electron chi connectivity index (χ2n) is 2.48. The van der Waals surface area contributed by atoms with Gasteiger partial charge in [0.1, 0.15) is 0 Å². The van der Waals surface area contributed by atoms with Crippen molar-refractivity contribution in [2.24, 2.45) is 10.2 Å². The highest BCUT2D eigenvalue weighted by Gasteiger charge is 2.37. The Labute approximate surface area is 57.6 Å². The summed E-state index contributed by atoms with van der Waals surface area (Å²) in [6.45, 7) is 3.24. The fourth-order valence-corrected chi connectivity index (χ4v) is 0.646. The molecule has 0 aromatic carbocycles. The summed E-state index contributed by atoms with van der Waals surface area (Å²) in [4.78, 5) is 9.69. The molecule has 0 atom stereocenters. The van der Waals surface area contributed by atoms with Gasteiger partial charge in [0.2, 0.25) is 0 Å². The Kier molecular flexibility index (Phi) is 1.28. The molecule has 0 amide bonds. The van der Waals surface area contributed by atoms with Crippen molar-refractivity contribution in [3.05, 3.63) is 22.0 Å². The zero-order valence-electron chi connectivity index (χ0n) is 5.66. The lowest BCUT2D eigenvalue weighted by atomic mass is 10.0. The van der Waals surface area contributed by atoms with E-state index >= 15 is 0 Å². The van der Waals surface area contributed by atoms with Crippen LogP contribution in [0.4, 0.5) is 0 Å². The van der Waals surface area contributed by atoms with Gasteiger partial charge in [0.25, 0.3) is 0 Å². The summed E-state index contributed by atoms with van der Waals surface area (Å²) in [5.41, 5.74) is -0.878. The van der Waals surface area contributed by atoms with Gasteiger partial charge in [0, 0.05) is 0 Å². The summed E-state index contributed by atoms with van der Waals surface area (Å²) in [5.74, 6) is 0. The fourth-order valence-electron chi connectivity index (χ4n) is 0.646. The van der Waals surface area contributed by atoms with Gasteiger partial charge in [-0.25, -0.2) is 0 Å². The predicted octanol–water partition coefficient (Wildman–Crippen LogP) is 1.15. The normalized spacial score (nSPS) is 20.8. The average molecular weight is 140 g/mol. The molecule has 1 aliphatic heterocycles. The molecule has 1 rings (SSSR count). The first-order valence-electron chi connectivity index (χ1n) is 2.74. The molecule has 0 saturated carbocycles. The topological polar surface area (TPSA) is 67.9 Å². The Bertz CT molecular complexity index is 229. The van der Waals surface area contributed by atoms with Crippen LogP contribution in [0.25, 0.3) is 0 Å². The Balaban J connectivity index is 2.93. The quantitative estimate of drug-likeness (QED) is 0.405. The Morgan fingerprint density at radius 3 is 2.50 bits per heavy atom. The minimum atomic E-state index is -0.802. The van der Waals surface area contributed by atoms with Crippen LogP contribution in [-0.2, 0) is 0 Å². The third kappa shape index (κ3) is 0.896. The third-order valence-corrected chi connectivity index (χ3v) is 1.22. The van der Waals surface area contributed by atoms with Crippen LogP contribution in [0.2, 0.25) is 0 Å². The Morgan fingerprint density at radius 1 is 1.70 bits per heavy atom. The summed E-state index contributed by atoms with van der Waals surface area (Å²) >= 11 is 0. The van der Waals surface area contributed by atoms with E-state index in [1.165, 1.54) is 0 Å². The zero-order chi connectivity index (χ0) is 7.78. The van der Waals surface area contributed by atoms with Gasteiger partial charge >= 0.3 is 5.70 Å². The molecule has 53 valence electrons. The van der Waals surface area contributed by atoms with Crippen LogP contribution in [0, 0.1) is 16.3 Å². The van der Waals surface area contributed by atoms with Crippen LogP contribution in [0.5, 0.6) is 0 Å². The van der Waals surface area contributed by atoms with Crippen molar-refractivity contribution in [3.8, 4) is 0 Å². The number of rotatable bonds is 1. The molecule has 1 radical (unpaired) electrons. The minimum absolute atomic E-state index is 0.0764. The summed E-state index contributed by atoms with van der Waals surface area (Å²) in [6, 6.07) is 0. The van der Waals surface area contributed by atoms with Crippen molar-refractivity contribution in [2.75, 3.05) is 0 Å². The average Bonchev–Trinajstić information content (AvgIpc) is 2.08. The number of azo groups is 1. The molecule has 0 aromatic rings. The van der Waals surface area contributed by atoms with Gasteiger partial charge in [0.15, 0.2) is 11.7 Å². The lowest BCUT2D eigenvalue weighted by molar-refractivity contribution is -0.433. The van der Waals surface area contributed by atoms with Gasteiger partial charge in [-0.3, -0.25) is 10.1 Å². The Hall–Kier alpha value is -1.26. The van der Waals surface area contributed by atoms with E-state index in [0.717, 1.165) is 0 Å². The molecule has 0 bridgehead atoms. The number of hydrogen-bond donors (Lipinski definition) is 0. The first-order valence-corrected chi connectivity index (χ1v) is 2.74. The van der Waals surface area contributed by atoms with Gasteiger partial charge in [0.05, 0.1) is 4.92 Å². The standard InChI is InChI=1S/C5H6N3O2/c1-5(2)4(8(9)10)3-6-7-5/h1-2H3. The molecule has 0 unspecified atom stereocenters. The highest BCUT2D eigenvalue weighted by molar-refractivity contribution is 5.08. The minimum Gasteiger partial charge on any atom is -0.258 e. The molecule has 1 aliphatic rings. The van der Waals surface area contributed by atoms with Gasteiger partial charge in [-0.2, -0.15) is 5.11 Å². The molecule has 0 saturated heterocycles. The van der Waals surface area contributed by atoms with Crippen LogP contribution in [-0.4, -0.2) is 10.5 Å². The zero-order valence-corrected chi connectivity index (χ0v) is 5.66. The van der Waals surface area contributed by atoms with E-state index in [4.69, 9.17) is 0 Å². The van der Waals surface area contributed by atoms with E-state index in [9.17, 15) is 10.1 Å². The van der Waals surface area contributed by atoms with Crippen LogP contribution in [0.3, 0.4) is 0 Å². The summed E-state index contributed by atoms with van der Waals surface area (Å²) in [5, 5.41) is 17.1. The van der Waals surface area contributed by atoms with Crippen LogP contribution < -0.4 is 0 Å². The predicted molar refractivity (Wildman–Crippen MR) is 32.7 cm³/mol. The second kappa shape index (κ2) is 1.86. The van der Waals surface area contributed by atoms with Gasteiger partial charge in [-0.15, -0.1) is 5.11 Å². The lowest BCUT2D eigenvalue weighted by Gasteiger charge is -2.07. The molecule has 0 fully saturated rings. The SMILES string of the molecule is CC1(C)N=N[C]=C1[N+](=O)[O-]. The van der Waals surface area contributed by atoms with E-state index in [0.29, 0.717) is 0 Å². The van der Waals surface area contributed by atoms with Gasteiger partial charge in [-0.05, 0) is 13.8 Å². The smallest absolute Gasteiger partial charge is 0.258 e. The van der Waals surface area contributed by atoms with E-state index in [2.05, 4.69) is 16.4 Å². The fraction of sp³-hybridized carbons (Fsp3) is 0.600. The third-order valence-electron chi connectivity index (χ3n) is 1.22. The molecule has 0 aromatic heterocycles. The molecule has 5 heteroatoms. The molecular formula is C5H6N3O2. The summed E-state index contributed by atoms with van der Waals surface area (Å²) in [7, 11) is 0. The molecule has 0 spiro atoms. The molecule has 0 N–H and O–H groups in total. The molecule has 10 heavy (non-hydrogen) atoms. The van der Waals surface area contributed by atoms with Crippen LogP contribution >= 0.6 is 0 Å². The lowest BCUT2D eigenvalue weighted by Crippen LogP contribution is -2.22. The van der Waals surface area contributed by atoms with Crippen molar-refractivity contribution in [2.45, 2.75) is 19.4 Å². The maximum absolute atomic E-state index is 10.2. The molecule has 5 nitrogen and oxygen atoms in total. The van der Waals surface area contributed by atoms with E-state index in [1.54, 1.807) is 13.8 Å². The Morgan fingerprint density at radius 2 is 2.30 bits per heavy atom. The highest BCUT2D eigenvalue weighted by Crippen LogP contribution is 2.25. The largest absolute Gasteiger partial charge is 0.304 e. The molecule has 0 aliphatic carbocycles. The van der Waals surface area contributed by atoms with Crippen molar-refractivity contribution in [1.29, 1.82) is 0 Å². The maximum Gasteiger partial charge on any atom is 0.304 e. The van der Waals surface area contributed by atoms with Gasteiger partial charge in [-0.1, -0.05) is 0 Å². The van der Waals surface area contributed by atoms with Crippen molar-refractivity contribution < 1.29 is 4.92 Å². The first-order chi connectivity index (χ1) is 4.54. The molecule has 1 heterocycles. The second-order valence-corrected chi connectivity index (χ2v) is 2.48. The maximum atomic E-state index is 10.2. The van der Waals surface area contributed by atoms with Crippen molar-refractivity contribution >= 4 is 0 Å². The van der Waals surface area contributed by atoms with Gasteiger partial charge < -0.3 is 0 Å². The summed E-state index contributed by atoms with van der Waals surface area (Å²) in [6.07, 6.45) is 2.22. The number of nitrogens with zero attached hydrogens (tertiary/aromatic N) is 3. The van der Waals surface area contributed by atoms with Crippen molar-refractivity contribution in [1.82, 2.24) is 0 Å². The van der Waals surface area contributed by atoms with E-state index < -0.39 is 10.5 Å². The number of hydrogen-bond acceptors (Lipinski definition) is 4. The molecular weight excluding hydrogens is 134 g/mol. The van der Waals surface area contributed by atoms with E-state index in [1.807, 2.05) is 0 Å². The monoisotopic (exact) mass is 140 g/mol. The van der Waals surface area contributed by atoms with Crippen molar-refractivity contribution in [3.63, 3.8) is 0 Å². The van der Waals surface area contributed by atoms with Crippen LogP contribution in [0.15, 0.2) is 15.9 Å². The highest BCUT2D eigenvalue weighted by atomic mass is 16.6. The van der Waals surface area contributed by atoms with E-state index in [-0.39, 0.29) is 5.70 Å². The van der Waals surface area contributed by atoms with Crippen LogP contribution in [0.1, 0.15) is 13.8 Å². The first kappa shape index (κ1) is 6.85. The summed E-state index contributed by atoms with van der Waals surface area (Å²) < 4.78 is 0.